The molecule has 2 aliphatic rings. The van der Waals surface area contributed by atoms with Crippen LogP contribution >= 0.6 is 0 Å². The molecule has 2 aliphatic heterocycles. The average Bonchev–Trinajstić information content (AvgIpc) is 3.27. The molecule has 1 N–H and O–H groups in total. The van der Waals surface area contributed by atoms with Crippen molar-refractivity contribution in [2.24, 2.45) is 5.92 Å². The monoisotopic (exact) mass is 516 g/mol. The number of H-pyrrole nitrogens is 1. The SMILES string of the molecule is Cc1ccc2nc(C3CCN(S(=O)(=O)c4ccc(S(=O)(=O)N5CCCC(C)C5)cc4)CC3)[nH]c2c1. The molecule has 188 valence electrons. The summed E-state index contributed by atoms with van der Waals surface area (Å²) in [7, 11) is -7.32. The molecule has 35 heavy (non-hydrogen) atoms. The summed E-state index contributed by atoms with van der Waals surface area (Å²) in [6.07, 6.45) is 3.22. The Kier molecular flexibility index (Phi) is 6.50. The first-order valence-electron chi connectivity index (χ1n) is 12.2. The second kappa shape index (κ2) is 9.31. The van der Waals surface area contributed by atoms with Crippen LogP contribution in [-0.2, 0) is 20.0 Å². The molecule has 1 aromatic heterocycles. The third-order valence-electron chi connectivity index (χ3n) is 7.22. The first-order chi connectivity index (χ1) is 16.6. The van der Waals surface area contributed by atoms with Crippen LogP contribution in [-0.4, -0.2) is 61.6 Å². The van der Waals surface area contributed by atoms with Crippen molar-refractivity contribution >= 4 is 31.1 Å². The predicted octanol–water partition coefficient (Wildman–Crippen LogP) is 3.86. The number of rotatable bonds is 5. The molecule has 2 aromatic carbocycles. The van der Waals surface area contributed by atoms with Crippen molar-refractivity contribution in [3.8, 4) is 0 Å². The Balaban J connectivity index is 1.27. The molecule has 5 rings (SSSR count). The van der Waals surface area contributed by atoms with Gasteiger partial charge >= 0.3 is 0 Å². The summed E-state index contributed by atoms with van der Waals surface area (Å²) in [4.78, 5) is 8.38. The van der Waals surface area contributed by atoms with Gasteiger partial charge in [-0.15, -0.1) is 0 Å². The van der Waals surface area contributed by atoms with Gasteiger partial charge < -0.3 is 4.98 Å². The van der Waals surface area contributed by atoms with Crippen LogP contribution in [0.5, 0.6) is 0 Å². The van der Waals surface area contributed by atoms with Crippen molar-refractivity contribution in [1.82, 2.24) is 18.6 Å². The molecule has 1 atom stereocenters. The van der Waals surface area contributed by atoms with Crippen LogP contribution in [0.2, 0.25) is 0 Å². The number of nitrogens with one attached hydrogen (secondary N) is 1. The summed E-state index contributed by atoms with van der Waals surface area (Å²) in [6, 6.07) is 11.8. The molecule has 0 saturated carbocycles. The lowest BCUT2D eigenvalue weighted by molar-refractivity contribution is 0.281. The van der Waals surface area contributed by atoms with Crippen molar-refractivity contribution < 1.29 is 16.8 Å². The van der Waals surface area contributed by atoms with Crippen molar-refractivity contribution in [2.45, 2.75) is 55.2 Å². The van der Waals surface area contributed by atoms with E-state index in [4.69, 9.17) is 4.98 Å². The minimum absolute atomic E-state index is 0.126. The smallest absolute Gasteiger partial charge is 0.243 e. The summed E-state index contributed by atoms with van der Waals surface area (Å²) >= 11 is 0. The molecule has 2 fully saturated rings. The van der Waals surface area contributed by atoms with E-state index in [-0.39, 0.29) is 15.7 Å². The van der Waals surface area contributed by atoms with E-state index in [2.05, 4.69) is 18.0 Å². The van der Waals surface area contributed by atoms with Gasteiger partial charge in [0.15, 0.2) is 0 Å². The summed E-state index contributed by atoms with van der Waals surface area (Å²) in [6.45, 7) is 5.90. The Morgan fingerprint density at radius 1 is 0.857 bits per heavy atom. The highest BCUT2D eigenvalue weighted by Gasteiger charge is 2.32. The number of hydrogen-bond donors (Lipinski definition) is 1. The maximum Gasteiger partial charge on any atom is 0.243 e. The molecule has 1 unspecified atom stereocenters. The number of nitrogens with zero attached hydrogens (tertiary/aromatic N) is 3. The maximum absolute atomic E-state index is 13.3. The van der Waals surface area contributed by atoms with E-state index >= 15 is 0 Å². The molecule has 3 heterocycles. The third-order valence-corrected chi connectivity index (χ3v) is 11.0. The Bertz CT molecular complexity index is 1420. The van der Waals surface area contributed by atoms with Gasteiger partial charge in [-0.1, -0.05) is 13.0 Å². The number of fused-ring (bicyclic) bond motifs is 1. The zero-order valence-electron chi connectivity index (χ0n) is 20.1. The second-order valence-corrected chi connectivity index (χ2v) is 13.8. The summed E-state index contributed by atoms with van der Waals surface area (Å²) in [5, 5.41) is 0. The van der Waals surface area contributed by atoms with Gasteiger partial charge in [-0.25, -0.2) is 21.8 Å². The maximum atomic E-state index is 13.3. The molecular weight excluding hydrogens is 484 g/mol. The van der Waals surface area contributed by atoms with Crippen molar-refractivity contribution in [1.29, 1.82) is 0 Å². The first-order valence-corrected chi connectivity index (χ1v) is 15.1. The number of aromatic nitrogens is 2. The highest BCUT2D eigenvalue weighted by atomic mass is 32.2. The standard InChI is InChI=1S/C25H32N4O4S2/c1-18-5-10-23-24(16-18)27-25(26-23)20-11-14-28(15-12-20)34(30,31)21-6-8-22(9-7-21)35(32,33)29-13-3-4-19(2)17-29/h5-10,16,19-20H,3-4,11-15,17H2,1-2H3,(H,26,27). The Morgan fingerprint density at radius 3 is 2.11 bits per heavy atom. The quantitative estimate of drug-likeness (QED) is 0.555. The molecule has 10 heteroatoms. The molecule has 0 bridgehead atoms. The highest BCUT2D eigenvalue weighted by molar-refractivity contribution is 7.89. The third kappa shape index (κ3) is 4.76. The lowest BCUT2D eigenvalue weighted by Crippen LogP contribution is -2.39. The Hall–Kier alpha value is -2.27. The molecule has 0 aliphatic carbocycles. The largest absolute Gasteiger partial charge is 0.342 e. The van der Waals surface area contributed by atoms with Crippen molar-refractivity contribution in [3.05, 3.63) is 53.9 Å². The number of aryl methyl sites for hydroxylation is 1. The van der Waals surface area contributed by atoms with Gasteiger partial charge in [0.25, 0.3) is 0 Å². The lowest BCUT2D eigenvalue weighted by Gasteiger charge is -2.31. The fourth-order valence-electron chi connectivity index (χ4n) is 5.15. The molecular formula is C25H32N4O4S2. The van der Waals surface area contributed by atoms with Crippen molar-refractivity contribution in [2.75, 3.05) is 26.2 Å². The van der Waals surface area contributed by atoms with Crippen LogP contribution in [0.15, 0.2) is 52.3 Å². The van der Waals surface area contributed by atoms with Gasteiger partial charge in [0.05, 0.1) is 20.8 Å². The number of piperidine rings is 2. The Labute approximate surface area is 207 Å². The fourth-order valence-corrected chi connectivity index (χ4v) is 8.22. The predicted molar refractivity (Wildman–Crippen MR) is 135 cm³/mol. The summed E-state index contributed by atoms with van der Waals surface area (Å²) in [5.41, 5.74) is 3.09. The van der Waals surface area contributed by atoms with Crippen LogP contribution < -0.4 is 0 Å². The van der Waals surface area contributed by atoms with E-state index in [0.29, 0.717) is 44.9 Å². The number of aromatic amines is 1. The van der Waals surface area contributed by atoms with Gasteiger partial charge in [0.2, 0.25) is 20.0 Å². The van der Waals surface area contributed by atoms with Crippen LogP contribution in [0.3, 0.4) is 0 Å². The van der Waals surface area contributed by atoms with Gasteiger partial charge in [-0.3, -0.25) is 0 Å². The van der Waals surface area contributed by atoms with E-state index in [9.17, 15) is 16.8 Å². The molecule has 0 radical (unpaired) electrons. The van der Waals surface area contributed by atoms with Crippen LogP contribution in [0.4, 0.5) is 0 Å². The number of imidazole rings is 1. The van der Waals surface area contributed by atoms with Gasteiger partial charge in [0.1, 0.15) is 5.82 Å². The normalized spacial score (nSPS) is 21.5. The van der Waals surface area contributed by atoms with E-state index < -0.39 is 20.0 Å². The minimum atomic E-state index is -3.70. The lowest BCUT2D eigenvalue weighted by atomic mass is 9.97. The van der Waals surface area contributed by atoms with E-state index in [1.807, 2.05) is 19.1 Å². The van der Waals surface area contributed by atoms with Gasteiger partial charge in [-0.05, 0) is 80.5 Å². The van der Waals surface area contributed by atoms with Crippen LogP contribution in [0.25, 0.3) is 11.0 Å². The number of benzene rings is 2. The fraction of sp³-hybridized carbons (Fsp3) is 0.480. The van der Waals surface area contributed by atoms with Crippen LogP contribution in [0, 0.1) is 12.8 Å². The summed E-state index contributed by atoms with van der Waals surface area (Å²) in [5.74, 6) is 1.41. The number of sulfonamides is 2. The van der Waals surface area contributed by atoms with Crippen LogP contribution in [0.1, 0.15) is 49.9 Å². The first kappa shape index (κ1) is 24.4. The topological polar surface area (TPSA) is 103 Å². The molecule has 0 amide bonds. The Morgan fingerprint density at radius 2 is 1.49 bits per heavy atom. The van der Waals surface area contributed by atoms with E-state index in [0.717, 1.165) is 35.3 Å². The second-order valence-electron chi connectivity index (χ2n) is 9.90. The molecule has 0 spiro atoms. The van der Waals surface area contributed by atoms with Gasteiger partial charge in [-0.2, -0.15) is 8.61 Å². The summed E-state index contributed by atoms with van der Waals surface area (Å²) < 4.78 is 55.5. The molecule has 8 nitrogen and oxygen atoms in total. The van der Waals surface area contributed by atoms with E-state index in [1.165, 1.54) is 32.9 Å². The number of hydrogen-bond acceptors (Lipinski definition) is 5. The molecule has 2 saturated heterocycles. The average molecular weight is 517 g/mol. The zero-order valence-corrected chi connectivity index (χ0v) is 21.8. The van der Waals surface area contributed by atoms with Gasteiger partial charge in [0, 0.05) is 32.1 Å². The minimum Gasteiger partial charge on any atom is -0.342 e. The van der Waals surface area contributed by atoms with E-state index in [1.54, 1.807) is 0 Å². The molecule has 3 aromatic rings. The highest BCUT2D eigenvalue weighted by Crippen LogP contribution is 2.31. The van der Waals surface area contributed by atoms with Crippen molar-refractivity contribution in [3.63, 3.8) is 0 Å². The zero-order chi connectivity index (χ0) is 24.8.